The summed E-state index contributed by atoms with van der Waals surface area (Å²) in [6, 6.07) is -1.96. The largest absolute Gasteiger partial charge is 0.391 e. The fourth-order valence-corrected chi connectivity index (χ4v) is 4.07. The molecule has 0 heterocycles. The van der Waals surface area contributed by atoms with Crippen molar-refractivity contribution >= 4 is 35.4 Å². The van der Waals surface area contributed by atoms with Crippen LogP contribution < -0.4 is 21.3 Å². The number of likely N-dealkylation sites (N-methyl/N-ethyl adjacent to an activating group) is 1. The molecule has 0 bridgehead atoms. The van der Waals surface area contributed by atoms with Crippen LogP contribution in [0.1, 0.15) is 74.7 Å². The molecule has 0 saturated carbocycles. The molecule has 210 valence electrons. The van der Waals surface area contributed by atoms with Gasteiger partial charge in [-0.15, -0.1) is 0 Å². The van der Waals surface area contributed by atoms with E-state index in [1.807, 2.05) is 40.9 Å². The lowest BCUT2D eigenvalue weighted by atomic mass is 9.92. The number of nitrogens with one attached hydrogen (secondary N) is 4. The highest BCUT2D eigenvalue weighted by Gasteiger charge is 2.31. The van der Waals surface area contributed by atoms with Crippen LogP contribution in [0.3, 0.4) is 0 Å². The molecular formula is C26H50N4O5S. The predicted molar refractivity (Wildman–Crippen MR) is 146 cm³/mol. The molecule has 0 aliphatic heterocycles. The van der Waals surface area contributed by atoms with E-state index in [9.17, 15) is 24.3 Å². The molecule has 0 unspecified atom stereocenters. The number of amides is 4. The first-order valence-corrected chi connectivity index (χ1v) is 14.5. The van der Waals surface area contributed by atoms with Crippen LogP contribution in [0.25, 0.3) is 0 Å². The van der Waals surface area contributed by atoms with E-state index in [0.717, 1.165) is 0 Å². The zero-order valence-corrected chi connectivity index (χ0v) is 24.5. The van der Waals surface area contributed by atoms with Crippen molar-refractivity contribution in [1.29, 1.82) is 0 Å². The van der Waals surface area contributed by atoms with Gasteiger partial charge in [0.05, 0.1) is 12.1 Å². The summed E-state index contributed by atoms with van der Waals surface area (Å²) >= 11 is 1.59. The minimum absolute atomic E-state index is 0.123. The highest BCUT2D eigenvalue weighted by atomic mass is 32.2. The van der Waals surface area contributed by atoms with Crippen LogP contribution >= 0.6 is 11.8 Å². The highest BCUT2D eigenvalue weighted by Crippen LogP contribution is 2.17. The Morgan fingerprint density at radius 1 is 0.806 bits per heavy atom. The molecule has 0 aromatic rings. The first-order chi connectivity index (χ1) is 16.7. The Kier molecular flexibility index (Phi) is 16.7. The summed E-state index contributed by atoms with van der Waals surface area (Å²) in [7, 11) is 0. The number of thioether (sulfide) groups is 1. The van der Waals surface area contributed by atoms with E-state index >= 15 is 0 Å². The maximum Gasteiger partial charge on any atom is 0.242 e. The van der Waals surface area contributed by atoms with Crippen LogP contribution in [-0.2, 0) is 19.2 Å². The molecule has 5 N–H and O–H groups in total. The molecule has 0 aliphatic rings. The number of hydrogen-bond donors (Lipinski definition) is 5. The standard InChI is InChI=1S/C26H50N4O5S/c1-10-27-25(34)19(8)28-23(32)17(6)14-22(31)21(13-15(2)3)30-26(35)20(11-12-36-9)29-24(33)18(7)16(4)5/h15-22,31H,10-14H2,1-9H3,(H,27,34)(H,28,32)(H,29,33)(H,30,35)/t17-,18+,19+,20+,21+,22+/m1/s1. The lowest BCUT2D eigenvalue weighted by molar-refractivity contribution is -0.133. The third kappa shape index (κ3) is 12.9. The first kappa shape index (κ1) is 34.2. The van der Waals surface area contributed by atoms with Gasteiger partial charge in [-0.2, -0.15) is 11.8 Å². The Bertz CT molecular complexity index is 704. The molecule has 0 aliphatic carbocycles. The maximum atomic E-state index is 13.2. The van der Waals surface area contributed by atoms with Crippen molar-refractivity contribution in [2.24, 2.45) is 23.7 Å². The second kappa shape index (κ2) is 17.6. The summed E-state index contributed by atoms with van der Waals surface area (Å²) in [5.74, 6) is -0.870. The van der Waals surface area contributed by atoms with Crippen molar-refractivity contribution in [1.82, 2.24) is 21.3 Å². The highest BCUT2D eigenvalue weighted by molar-refractivity contribution is 7.98. The third-order valence-electron chi connectivity index (χ3n) is 6.32. The van der Waals surface area contributed by atoms with Gasteiger partial charge >= 0.3 is 0 Å². The monoisotopic (exact) mass is 530 g/mol. The van der Waals surface area contributed by atoms with Crippen LogP contribution in [-0.4, -0.2) is 71.5 Å². The van der Waals surface area contributed by atoms with Gasteiger partial charge in [-0.25, -0.2) is 0 Å². The molecule has 0 saturated heterocycles. The summed E-state index contributed by atoms with van der Waals surface area (Å²) in [6.07, 6.45) is 2.09. The predicted octanol–water partition coefficient (Wildman–Crippen LogP) is 2.08. The Labute approximate surface area is 222 Å². The van der Waals surface area contributed by atoms with E-state index in [-0.39, 0.29) is 47.8 Å². The van der Waals surface area contributed by atoms with Gasteiger partial charge in [-0.3, -0.25) is 19.2 Å². The lowest BCUT2D eigenvalue weighted by Gasteiger charge is -2.30. The fourth-order valence-electron chi connectivity index (χ4n) is 3.60. The summed E-state index contributed by atoms with van der Waals surface area (Å²) in [6.45, 7) is 15.3. The van der Waals surface area contributed by atoms with Crippen LogP contribution in [0.2, 0.25) is 0 Å². The van der Waals surface area contributed by atoms with Crippen LogP contribution in [0.4, 0.5) is 0 Å². The van der Waals surface area contributed by atoms with Crippen molar-refractivity contribution < 1.29 is 24.3 Å². The van der Waals surface area contributed by atoms with E-state index in [0.29, 0.717) is 25.1 Å². The topological polar surface area (TPSA) is 137 Å². The zero-order valence-electron chi connectivity index (χ0n) is 23.6. The average molecular weight is 531 g/mol. The molecule has 10 heteroatoms. The van der Waals surface area contributed by atoms with Crippen LogP contribution in [0.15, 0.2) is 0 Å². The molecule has 0 aromatic heterocycles. The van der Waals surface area contributed by atoms with E-state index in [4.69, 9.17) is 0 Å². The summed E-state index contributed by atoms with van der Waals surface area (Å²) in [5.41, 5.74) is 0. The molecule has 0 spiro atoms. The minimum atomic E-state index is -0.969. The molecule has 0 fully saturated rings. The number of carbonyl (C=O) groups is 4. The maximum absolute atomic E-state index is 13.2. The number of aliphatic hydroxyl groups is 1. The summed E-state index contributed by atoms with van der Waals surface area (Å²) in [4.78, 5) is 50.3. The van der Waals surface area contributed by atoms with Crippen LogP contribution in [0, 0.1) is 23.7 Å². The number of carbonyl (C=O) groups excluding carboxylic acids is 4. The number of rotatable bonds is 17. The van der Waals surface area contributed by atoms with Crippen molar-refractivity contribution in [3.05, 3.63) is 0 Å². The molecule has 0 rings (SSSR count). The van der Waals surface area contributed by atoms with Gasteiger partial charge in [0.15, 0.2) is 0 Å². The Balaban J connectivity index is 5.35. The minimum Gasteiger partial charge on any atom is -0.391 e. The SMILES string of the molecule is CCNC(=O)[C@H](C)NC(=O)[C@H](C)C[C@H](O)[C@H](CC(C)C)NC(=O)[C@H](CCSC)NC(=O)[C@@H](C)C(C)C. The molecule has 0 aromatic carbocycles. The van der Waals surface area contributed by atoms with Gasteiger partial charge in [-0.1, -0.05) is 41.5 Å². The quantitative estimate of drug-likeness (QED) is 0.195. The lowest BCUT2D eigenvalue weighted by Crippen LogP contribution is -2.54. The molecule has 4 amide bonds. The fraction of sp³-hybridized carbons (Fsp3) is 0.846. The molecule has 6 atom stereocenters. The number of hydrogen-bond acceptors (Lipinski definition) is 6. The first-order valence-electron chi connectivity index (χ1n) is 13.1. The van der Waals surface area contributed by atoms with Gasteiger partial charge in [0.1, 0.15) is 12.1 Å². The third-order valence-corrected chi connectivity index (χ3v) is 6.96. The molecular weight excluding hydrogens is 480 g/mol. The Morgan fingerprint density at radius 2 is 1.42 bits per heavy atom. The molecule has 0 radical (unpaired) electrons. The van der Waals surface area contributed by atoms with Gasteiger partial charge < -0.3 is 26.4 Å². The average Bonchev–Trinajstić information content (AvgIpc) is 2.79. The van der Waals surface area contributed by atoms with E-state index in [1.165, 1.54) is 0 Å². The van der Waals surface area contributed by atoms with E-state index in [2.05, 4.69) is 21.3 Å². The van der Waals surface area contributed by atoms with E-state index in [1.54, 1.807) is 32.5 Å². The Hall–Kier alpha value is -1.81. The second-order valence-electron chi connectivity index (χ2n) is 10.4. The summed E-state index contributed by atoms with van der Waals surface area (Å²) in [5, 5.41) is 22.1. The zero-order chi connectivity index (χ0) is 28.0. The van der Waals surface area contributed by atoms with Crippen molar-refractivity contribution in [3.8, 4) is 0 Å². The van der Waals surface area contributed by atoms with E-state index < -0.39 is 30.1 Å². The van der Waals surface area contributed by atoms with Gasteiger partial charge in [0.2, 0.25) is 23.6 Å². The second-order valence-corrected chi connectivity index (χ2v) is 11.4. The molecule has 36 heavy (non-hydrogen) atoms. The molecule has 9 nitrogen and oxygen atoms in total. The van der Waals surface area contributed by atoms with Crippen molar-refractivity contribution in [2.45, 2.75) is 98.9 Å². The van der Waals surface area contributed by atoms with Gasteiger partial charge in [0, 0.05) is 18.4 Å². The van der Waals surface area contributed by atoms with Gasteiger partial charge in [-0.05, 0) is 57.0 Å². The van der Waals surface area contributed by atoms with Crippen molar-refractivity contribution in [3.63, 3.8) is 0 Å². The number of aliphatic hydroxyl groups excluding tert-OH is 1. The Morgan fingerprint density at radius 3 is 1.92 bits per heavy atom. The smallest absolute Gasteiger partial charge is 0.242 e. The van der Waals surface area contributed by atoms with Crippen LogP contribution in [0.5, 0.6) is 0 Å². The normalized spacial score (nSPS) is 16.4. The van der Waals surface area contributed by atoms with Crippen molar-refractivity contribution in [2.75, 3.05) is 18.6 Å². The summed E-state index contributed by atoms with van der Waals surface area (Å²) < 4.78 is 0. The van der Waals surface area contributed by atoms with Gasteiger partial charge in [0.25, 0.3) is 0 Å².